The second kappa shape index (κ2) is 22.6. The van der Waals surface area contributed by atoms with E-state index in [0.717, 1.165) is 66.3 Å². The Kier molecular flexibility index (Phi) is 16.0. The standard InChI is InChI=1S/C50H56N10O6S2/c1-7-51-45(61)29-41-49-57-55-31(3)59(49)43-19-13-35(63-5)27-39(43)47(53-41)33-9-15-37(16-10-33)67-25-23-65-21-22-66-24-26-68-38-17-11-34(12-18-38)48-40-28-36(64-6)14-20-44(40)60-32(4)56-58-50(60)42(54-48)30-46(62)52-8-2/h9-20,27-28,41-42H,7-8,21-26,29-30H2,1-6H3,(H,51,61)(H,52,62)/t41-,42?/m0/s1. The summed E-state index contributed by atoms with van der Waals surface area (Å²) in [7, 11) is 3.29. The summed E-state index contributed by atoms with van der Waals surface area (Å²) >= 11 is 3.44. The van der Waals surface area contributed by atoms with Crippen molar-refractivity contribution in [1.29, 1.82) is 0 Å². The molecule has 0 aliphatic carbocycles. The zero-order valence-electron chi connectivity index (χ0n) is 39.2. The molecule has 0 bridgehead atoms. The maximum absolute atomic E-state index is 12.8. The molecule has 354 valence electrons. The van der Waals surface area contributed by atoms with Crippen LogP contribution in [0.1, 0.15) is 84.3 Å². The highest BCUT2D eigenvalue weighted by atomic mass is 32.2. The van der Waals surface area contributed by atoms with Crippen LogP contribution in [0.3, 0.4) is 0 Å². The van der Waals surface area contributed by atoms with Crippen molar-refractivity contribution in [1.82, 2.24) is 40.2 Å². The Morgan fingerprint density at radius 1 is 0.574 bits per heavy atom. The van der Waals surface area contributed by atoms with Crippen molar-refractivity contribution >= 4 is 46.8 Å². The van der Waals surface area contributed by atoms with E-state index in [2.05, 4.69) is 79.6 Å². The van der Waals surface area contributed by atoms with E-state index in [1.165, 1.54) is 0 Å². The summed E-state index contributed by atoms with van der Waals surface area (Å²) in [4.78, 5) is 38.2. The normalized spacial score (nSPS) is 14.9. The number of amides is 2. The van der Waals surface area contributed by atoms with Crippen LogP contribution >= 0.6 is 23.5 Å². The number of nitrogens with zero attached hydrogens (tertiary/aromatic N) is 8. The van der Waals surface area contributed by atoms with E-state index >= 15 is 0 Å². The molecule has 0 radical (unpaired) electrons. The second-order valence-electron chi connectivity index (χ2n) is 15.9. The maximum atomic E-state index is 12.8. The van der Waals surface area contributed by atoms with Gasteiger partial charge in [-0.25, -0.2) is 0 Å². The highest BCUT2D eigenvalue weighted by Gasteiger charge is 2.32. The van der Waals surface area contributed by atoms with Gasteiger partial charge in [0.15, 0.2) is 11.6 Å². The van der Waals surface area contributed by atoms with E-state index < -0.39 is 12.1 Å². The molecule has 0 spiro atoms. The van der Waals surface area contributed by atoms with Crippen LogP contribution in [0.5, 0.6) is 11.5 Å². The van der Waals surface area contributed by atoms with E-state index in [1.54, 1.807) is 37.7 Å². The Balaban J connectivity index is 0.811. The van der Waals surface area contributed by atoms with Gasteiger partial charge in [-0.1, -0.05) is 24.3 Å². The van der Waals surface area contributed by atoms with Crippen molar-refractivity contribution in [2.24, 2.45) is 9.98 Å². The number of ether oxygens (including phenoxy) is 4. The van der Waals surface area contributed by atoms with E-state index in [4.69, 9.17) is 28.9 Å². The molecule has 2 aliphatic rings. The van der Waals surface area contributed by atoms with Crippen LogP contribution in [0.2, 0.25) is 0 Å². The molecule has 0 saturated heterocycles. The average molecular weight is 957 g/mol. The summed E-state index contributed by atoms with van der Waals surface area (Å²) in [6.07, 6.45) is 0.299. The molecule has 0 saturated carbocycles. The molecule has 2 aliphatic heterocycles. The number of carbonyl (C=O) groups is 2. The summed E-state index contributed by atoms with van der Waals surface area (Å²) in [6, 6.07) is 27.3. The minimum absolute atomic E-state index is 0.0962. The first-order chi connectivity index (χ1) is 33.2. The number of methoxy groups -OCH3 is 2. The number of rotatable bonds is 21. The fourth-order valence-electron chi connectivity index (χ4n) is 8.20. The monoisotopic (exact) mass is 956 g/mol. The SMILES string of the molecule is CCNC(=O)CC1N=C(c2ccc(SCCOCCOCCSc3ccc(C4=N[C@@H](CC(=O)NCC)c5nnc(C)n5-c5ccc(OC)cc54)cc3)cc2)c2cc(OC)ccc2-n2c(C)nnc21. The Labute approximate surface area is 404 Å². The lowest BCUT2D eigenvalue weighted by atomic mass is 10.00. The number of fused-ring (bicyclic) bond motifs is 6. The molecule has 2 atom stereocenters. The minimum Gasteiger partial charge on any atom is -0.497 e. The lowest BCUT2D eigenvalue weighted by Gasteiger charge is -2.14. The largest absolute Gasteiger partial charge is 0.497 e. The van der Waals surface area contributed by atoms with Gasteiger partial charge < -0.3 is 29.6 Å². The van der Waals surface area contributed by atoms with Gasteiger partial charge in [-0.3, -0.25) is 28.7 Å². The van der Waals surface area contributed by atoms with Crippen molar-refractivity contribution < 1.29 is 28.5 Å². The predicted octanol–water partition coefficient (Wildman–Crippen LogP) is 7.24. The highest BCUT2D eigenvalue weighted by molar-refractivity contribution is 7.99. The Hall–Kier alpha value is -6.34. The summed E-state index contributed by atoms with van der Waals surface area (Å²) in [5, 5.41) is 23.5. The number of thioether (sulfide) groups is 2. The van der Waals surface area contributed by atoms with Crippen molar-refractivity contribution in [3.05, 3.63) is 130 Å². The third-order valence-electron chi connectivity index (χ3n) is 11.4. The van der Waals surface area contributed by atoms with Gasteiger partial charge in [-0.15, -0.1) is 43.9 Å². The maximum Gasteiger partial charge on any atom is 0.222 e. The second-order valence-corrected chi connectivity index (χ2v) is 18.3. The quantitative estimate of drug-likeness (QED) is 0.0547. The average Bonchev–Trinajstić information content (AvgIpc) is 3.85. The summed E-state index contributed by atoms with van der Waals surface area (Å²) in [5.74, 6) is 5.47. The predicted molar refractivity (Wildman–Crippen MR) is 265 cm³/mol. The van der Waals surface area contributed by atoms with Crippen LogP contribution < -0.4 is 20.1 Å². The number of aryl methyl sites for hydroxylation is 2. The molecule has 2 N–H and O–H groups in total. The molecule has 2 aromatic heterocycles. The first kappa shape index (κ1) is 48.1. The summed E-state index contributed by atoms with van der Waals surface area (Å²) in [5.41, 5.74) is 6.89. The van der Waals surface area contributed by atoms with E-state index in [1.807, 2.05) is 73.2 Å². The van der Waals surface area contributed by atoms with Gasteiger partial charge in [-0.2, -0.15) is 0 Å². The number of nitrogens with one attached hydrogen (secondary N) is 2. The molecule has 4 aromatic carbocycles. The number of benzene rings is 4. The smallest absolute Gasteiger partial charge is 0.222 e. The van der Waals surface area contributed by atoms with Crippen molar-refractivity contribution in [3.8, 4) is 22.9 Å². The van der Waals surface area contributed by atoms with Gasteiger partial charge in [0.2, 0.25) is 11.8 Å². The van der Waals surface area contributed by atoms with E-state index in [0.29, 0.717) is 74.3 Å². The number of aromatic nitrogens is 6. The lowest BCUT2D eigenvalue weighted by molar-refractivity contribution is -0.122. The molecule has 18 heteroatoms. The first-order valence-electron chi connectivity index (χ1n) is 22.7. The molecule has 0 fully saturated rings. The van der Waals surface area contributed by atoms with E-state index in [-0.39, 0.29) is 24.7 Å². The van der Waals surface area contributed by atoms with Crippen LogP contribution in [0, 0.1) is 13.8 Å². The molecule has 8 rings (SSSR count). The van der Waals surface area contributed by atoms with Gasteiger partial charge in [-0.05, 0) is 88.4 Å². The molecule has 6 aromatic rings. The molecular weight excluding hydrogens is 901 g/mol. The molecule has 2 amide bonds. The summed E-state index contributed by atoms with van der Waals surface area (Å²) in [6.45, 7) is 10.9. The van der Waals surface area contributed by atoms with Crippen LogP contribution in [0.25, 0.3) is 11.4 Å². The minimum atomic E-state index is -0.527. The molecule has 1 unspecified atom stereocenters. The van der Waals surface area contributed by atoms with Crippen molar-refractivity contribution in [2.45, 2.75) is 62.4 Å². The van der Waals surface area contributed by atoms with Crippen molar-refractivity contribution in [3.63, 3.8) is 0 Å². The third-order valence-corrected chi connectivity index (χ3v) is 13.3. The molecule has 4 heterocycles. The number of aliphatic imine (C=N–C) groups is 2. The van der Waals surface area contributed by atoms with Crippen molar-refractivity contribution in [2.75, 3.05) is 65.2 Å². The first-order valence-corrected chi connectivity index (χ1v) is 24.7. The Morgan fingerprint density at radius 3 is 1.37 bits per heavy atom. The van der Waals surface area contributed by atoms with Gasteiger partial charge in [0.25, 0.3) is 0 Å². The molecular formula is C50H56N10O6S2. The van der Waals surface area contributed by atoms with Crippen LogP contribution in [0.15, 0.2) is 105 Å². The molecule has 16 nitrogen and oxygen atoms in total. The van der Waals surface area contributed by atoms with Gasteiger partial charge in [0.05, 0.1) is 76.3 Å². The Morgan fingerprint density at radius 2 is 0.985 bits per heavy atom. The van der Waals surface area contributed by atoms with Crippen LogP contribution in [-0.4, -0.2) is 118 Å². The van der Waals surface area contributed by atoms with Gasteiger partial charge in [0, 0.05) is 56.6 Å². The summed E-state index contributed by atoms with van der Waals surface area (Å²) < 4.78 is 27.0. The van der Waals surface area contributed by atoms with Gasteiger partial charge >= 0.3 is 0 Å². The fourth-order valence-corrected chi connectivity index (χ4v) is 9.74. The number of hydrogen-bond donors (Lipinski definition) is 2. The number of carbonyl (C=O) groups excluding carboxylic acids is 2. The topological polar surface area (TPSA) is 181 Å². The number of hydrogen-bond acceptors (Lipinski definition) is 14. The van der Waals surface area contributed by atoms with Crippen LogP contribution in [-0.2, 0) is 19.1 Å². The zero-order chi connectivity index (χ0) is 47.6. The lowest BCUT2D eigenvalue weighted by Crippen LogP contribution is -2.25. The molecule has 68 heavy (non-hydrogen) atoms. The Bertz CT molecular complexity index is 2600. The van der Waals surface area contributed by atoms with Crippen LogP contribution in [0.4, 0.5) is 0 Å². The zero-order valence-corrected chi connectivity index (χ0v) is 40.8. The fraction of sp³-hybridized carbons (Fsp3) is 0.360. The van der Waals surface area contributed by atoms with E-state index in [9.17, 15) is 9.59 Å². The highest BCUT2D eigenvalue weighted by Crippen LogP contribution is 2.37. The third kappa shape index (κ3) is 11.0. The van der Waals surface area contributed by atoms with Gasteiger partial charge in [0.1, 0.15) is 35.2 Å².